The summed E-state index contributed by atoms with van der Waals surface area (Å²) in [5.41, 5.74) is 0.483. The summed E-state index contributed by atoms with van der Waals surface area (Å²) < 4.78 is 0. The number of likely N-dealkylation sites (tertiary alicyclic amines) is 1. The number of carbonyl (C=O) groups is 2. The number of carbonyl (C=O) groups excluding carboxylic acids is 2. The largest absolute Gasteiger partial charge is 0.332 e. The molecule has 1 aromatic heterocycles. The molecule has 0 bridgehead atoms. The number of imide groups is 1. The summed E-state index contributed by atoms with van der Waals surface area (Å²) >= 11 is 8.29. The van der Waals surface area contributed by atoms with Crippen LogP contribution in [-0.4, -0.2) is 57.6 Å². The minimum atomic E-state index is -0.951. The van der Waals surface area contributed by atoms with Gasteiger partial charge in [-0.05, 0) is 88.4 Å². The summed E-state index contributed by atoms with van der Waals surface area (Å²) in [5, 5.41) is 0.568. The second kappa shape index (κ2) is 9.41. The standard InChI is InChI=1S/C24H29ClN4O2S/c1-24(2)22(30)29(23(31)28(24)16-17-8-11-26-12-9-17)19-6-7-21(20(25)15-19)32-14-10-18-5-4-13-27(18)3/h6-9,11-12,15,18H,4-5,10,13-14,16H2,1-3H3. The minimum absolute atomic E-state index is 0.253. The Morgan fingerprint density at radius 3 is 2.59 bits per heavy atom. The Bertz CT molecular complexity index is 1000. The van der Waals surface area contributed by atoms with E-state index in [2.05, 4.69) is 16.9 Å². The number of amides is 3. The summed E-state index contributed by atoms with van der Waals surface area (Å²) in [6.45, 7) is 5.08. The fraction of sp³-hybridized carbons (Fsp3) is 0.458. The number of hydrogen-bond acceptors (Lipinski definition) is 5. The molecule has 0 aliphatic carbocycles. The van der Waals surface area contributed by atoms with Crippen LogP contribution in [0.1, 0.15) is 38.7 Å². The number of anilines is 1. The summed E-state index contributed by atoms with van der Waals surface area (Å²) in [6.07, 6.45) is 7.02. The third kappa shape index (κ3) is 4.51. The molecule has 0 N–H and O–H groups in total. The van der Waals surface area contributed by atoms with Crippen molar-refractivity contribution in [3.63, 3.8) is 0 Å². The molecule has 2 fully saturated rings. The average Bonchev–Trinajstić information content (AvgIpc) is 3.24. The third-order valence-corrected chi connectivity index (χ3v) is 8.00. The van der Waals surface area contributed by atoms with E-state index in [0.29, 0.717) is 23.3 Å². The van der Waals surface area contributed by atoms with Crippen LogP contribution >= 0.6 is 23.4 Å². The lowest BCUT2D eigenvalue weighted by Gasteiger charge is -2.27. The summed E-state index contributed by atoms with van der Waals surface area (Å²) in [5.74, 6) is 0.736. The fourth-order valence-corrected chi connectivity index (χ4v) is 5.70. The Balaban J connectivity index is 1.47. The lowest BCUT2D eigenvalue weighted by Crippen LogP contribution is -2.43. The molecule has 2 aliphatic heterocycles. The summed E-state index contributed by atoms with van der Waals surface area (Å²) in [7, 11) is 2.19. The van der Waals surface area contributed by atoms with E-state index in [1.165, 1.54) is 24.3 Å². The number of thioether (sulfide) groups is 1. The predicted molar refractivity (Wildman–Crippen MR) is 129 cm³/mol. The van der Waals surface area contributed by atoms with E-state index in [9.17, 15) is 9.59 Å². The van der Waals surface area contributed by atoms with Gasteiger partial charge in [-0.25, -0.2) is 9.69 Å². The number of halogens is 1. The predicted octanol–water partition coefficient (Wildman–Crippen LogP) is 5.06. The van der Waals surface area contributed by atoms with E-state index in [0.717, 1.165) is 22.6 Å². The van der Waals surface area contributed by atoms with Crippen molar-refractivity contribution < 1.29 is 9.59 Å². The first kappa shape index (κ1) is 23.1. The van der Waals surface area contributed by atoms with Crippen LogP contribution in [0, 0.1) is 0 Å². The normalized spacial score (nSPS) is 21.1. The molecule has 170 valence electrons. The highest BCUT2D eigenvalue weighted by Gasteiger charge is 2.51. The number of pyridine rings is 1. The van der Waals surface area contributed by atoms with Crippen LogP contribution in [0.3, 0.4) is 0 Å². The van der Waals surface area contributed by atoms with Crippen molar-refractivity contribution in [2.45, 2.75) is 56.1 Å². The Labute approximate surface area is 198 Å². The third-order valence-electron chi connectivity index (χ3n) is 6.47. The van der Waals surface area contributed by atoms with E-state index in [-0.39, 0.29) is 11.9 Å². The molecule has 2 saturated heterocycles. The maximum absolute atomic E-state index is 13.2. The topological polar surface area (TPSA) is 56.8 Å². The molecule has 3 heterocycles. The van der Waals surface area contributed by atoms with Crippen molar-refractivity contribution in [3.8, 4) is 0 Å². The van der Waals surface area contributed by atoms with Gasteiger partial charge in [0.15, 0.2) is 0 Å². The molecule has 0 saturated carbocycles. The van der Waals surface area contributed by atoms with E-state index in [4.69, 9.17) is 11.6 Å². The Hall–Kier alpha value is -2.09. The van der Waals surface area contributed by atoms with Crippen LogP contribution in [-0.2, 0) is 11.3 Å². The first-order valence-electron chi connectivity index (χ1n) is 11.0. The highest BCUT2D eigenvalue weighted by atomic mass is 35.5. The molecule has 2 aliphatic rings. The van der Waals surface area contributed by atoms with Crippen molar-refractivity contribution in [2.75, 3.05) is 24.2 Å². The van der Waals surface area contributed by atoms with Crippen LogP contribution in [0.15, 0.2) is 47.6 Å². The maximum Gasteiger partial charge on any atom is 0.332 e. The molecule has 2 aromatic rings. The monoisotopic (exact) mass is 472 g/mol. The van der Waals surface area contributed by atoms with Crippen molar-refractivity contribution in [2.24, 2.45) is 0 Å². The maximum atomic E-state index is 13.2. The molecule has 4 rings (SSSR count). The number of benzene rings is 1. The van der Waals surface area contributed by atoms with Crippen LogP contribution < -0.4 is 4.90 Å². The number of nitrogens with zero attached hydrogens (tertiary/aromatic N) is 4. The lowest BCUT2D eigenvalue weighted by atomic mass is 10.0. The van der Waals surface area contributed by atoms with Gasteiger partial charge in [-0.15, -0.1) is 11.8 Å². The molecule has 6 nitrogen and oxygen atoms in total. The number of aromatic nitrogens is 1. The molecule has 8 heteroatoms. The van der Waals surface area contributed by atoms with Crippen molar-refractivity contribution in [1.82, 2.24) is 14.8 Å². The van der Waals surface area contributed by atoms with Gasteiger partial charge in [0.1, 0.15) is 5.54 Å². The van der Waals surface area contributed by atoms with Gasteiger partial charge in [0, 0.05) is 29.9 Å². The quantitative estimate of drug-likeness (QED) is 0.416. The number of rotatable bonds is 7. The molecule has 1 aromatic carbocycles. The number of hydrogen-bond donors (Lipinski definition) is 0. The van der Waals surface area contributed by atoms with Crippen molar-refractivity contribution >= 4 is 41.0 Å². The summed E-state index contributed by atoms with van der Waals surface area (Å²) in [6, 6.07) is 9.47. The zero-order valence-electron chi connectivity index (χ0n) is 18.8. The molecule has 1 atom stereocenters. The van der Waals surface area contributed by atoms with Gasteiger partial charge in [-0.1, -0.05) is 11.6 Å². The smallest absolute Gasteiger partial charge is 0.305 e. The van der Waals surface area contributed by atoms with E-state index >= 15 is 0 Å². The Kier molecular flexibility index (Phi) is 6.79. The van der Waals surface area contributed by atoms with Crippen LogP contribution in [0.2, 0.25) is 5.02 Å². The van der Waals surface area contributed by atoms with Gasteiger partial charge in [-0.2, -0.15) is 0 Å². The van der Waals surface area contributed by atoms with E-state index in [1.807, 2.05) is 24.3 Å². The first-order valence-corrected chi connectivity index (χ1v) is 12.3. The lowest BCUT2D eigenvalue weighted by molar-refractivity contribution is -0.123. The minimum Gasteiger partial charge on any atom is -0.305 e. The second-order valence-corrected chi connectivity index (χ2v) is 10.5. The van der Waals surface area contributed by atoms with Gasteiger partial charge >= 0.3 is 6.03 Å². The van der Waals surface area contributed by atoms with Gasteiger partial charge in [0.2, 0.25) is 0 Å². The molecule has 3 amide bonds. The highest BCUT2D eigenvalue weighted by molar-refractivity contribution is 7.99. The van der Waals surface area contributed by atoms with Gasteiger partial charge in [0.25, 0.3) is 5.91 Å². The summed E-state index contributed by atoms with van der Waals surface area (Å²) in [4.78, 5) is 36.7. The van der Waals surface area contributed by atoms with Crippen LogP contribution in [0.5, 0.6) is 0 Å². The van der Waals surface area contributed by atoms with E-state index in [1.54, 1.807) is 49.0 Å². The second-order valence-electron chi connectivity index (χ2n) is 8.95. The van der Waals surface area contributed by atoms with Crippen LogP contribution in [0.25, 0.3) is 0 Å². The molecule has 0 spiro atoms. The first-order chi connectivity index (χ1) is 15.3. The SMILES string of the molecule is CN1CCCC1CCSc1ccc(N2C(=O)N(Cc3ccncc3)C(C)(C)C2=O)cc1Cl. The average molecular weight is 473 g/mol. The fourth-order valence-electron chi connectivity index (χ4n) is 4.39. The Morgan fingerprint density at radius 2 is 1.94 bits per heavy atom. The molecule has 32 heavy (non-hydrogen) atoms. The Morgan fingerprint density at radius 1 is 1.19 bits per heavy atom. The van der Waals surface area contributed by atoms with Crippen molar-refractivity contribution in [1.29, 1.82) is 0 Å². The van der Waals surface area contributed by atoms with Gasteiger partial charge < -0.3 is 9.80 Å². The molecule has 0 radical (unpaired) electrons. The number of urea groups is 1. The zero-order chi connectivity index (χ0) is 22.9. The molecule has 1 unspecified atom stereocenters. The zero-order valence-corrected chi connectivity index (χ0v) is 20.3. The molecular formula is C24H29ClN4O2S. The highest BCUT2D eigenvalue weighted by Crippen LogP contribution is 2.37. The molecular weight excluding hydrogens is 444 g/mol. The van der Waals surface area contributed by atoms with Gasteiger partial charge in [0.05, 0.1) is 10.7 Å². The van der Waals surface area contributed by atoms with E-state index < -0.39 is 5.54 Å². The van der Waals surface area contributed by atoms with Crippen LogP contribution in [0.4, 0.5) is 10.5 Å². The van der Waals surface area contributed by atoms with Crippen molar-refractivity contribution in [3.05, 3.63) is 53.3 Å². The van der Waals surface area contributed by atoms with Gasteiger partial charge in [-0.3, -0.25) is 9.78 Å².